The van der Waals surface area contributed by atoms with E-state index < -0.39 is 11.7 Å². The number of aromatic amines is 1. The Balaban J connectivity index is 0.00000272. The largest absolute Gasteiger partial charge is 0.418 e. The number of fused-ring (bicyclic) bond motifs is 1. The highest BCUT2D eigenvalue weighted by molar-refractivity contribution is 5.90. The van der Waals surface area contributed by atoms with E-state index in [-0.39, 0.29) is 24.9 Å². The molecule has 2 atom stereocenters. The molecule has 1 aliphatic heterocycles. The third kappa shape index (κ3) is 4.12. The lowest BCUT2D eigenvalue weighted by atomic mass is 10.00. The van der Waals surface area contributed by atoms with Crippen molar-refractivity contribution in [1.82, 2.24) is 25.5 Å². The monoisotopic (exact) mass is 420 g/mol. The minimum absolute atomic E-state index is 0. The fourth-order valence-corrected chi connectivity index (χ4v) is 4.15. The molecule has 1 aliphatic rings. The van der Waals surface area contributed by atoms with Crippen LogP contribution in [0.15, 0.2) is 30.5 Å². The number of halogens is 3. The van der Waals surface area contributed by atoms with Crippen LogP contribution >= 0.6 is 0 Å². The van der Waals surface area contributed by atoms with E-state index in [4.69, 9.17) is 0 Å². The number of H-pyrrole nitrogens is 1. The number of aromatic nitrogens is 4. The fraction of sp³-hybridized carbons (Fsp3) is 0.476. The molecule has 1 fully saturated rings. The van der Waals surface area contributed by atoms with Crippen molar-refractivity contribution < 1.29 is 14.6 Å². The van der Waals surface area contributed by atoms with Crippen molar-refractivity contribution in [3.63, 3.8) is 0 Å². The molecule has 0 aromatic carbocycles. The van der Waals surface area contributed by atoms with E-state index in [2.05, 4.69) is 51.2 Å². The van der Waals surface area contributed by atoms with Gasteiger partial charge in [-0.25, -0.2) is 9.97 Å². The molecule has 0 bridgehead atoms. The van der Waals surface area contributed by atoms with Gasteiger partial charge in [-0.2, -0.15) is 18.3 Å². The lowest BCUT2D eigenvalue weighted by Gasteiger charge is -2.39. The van der Waals surface area contributed by atoms with Crippen molar-refractivity contribution in [2.75, 3.05) is 18.0 Å². The number of hydrogen-bond acceptors (Lipinski definition) is 5. The summed E-state index contributed by atoms with van der Waals surface area (Å²) < 4.78 is 41.3. The van der Waals surface area contributed by atoms with Gasteiger partial charge in [0.1, 0.15) is 11.5 Å². The molecule has 4 rings (SSSR count). The average Bonchev–Trinajstić information content (AvgIpc) is 3.10. The Labute approximate surface area is 174 Å². The van der Waals surface area contributed by atoms with Crippen LogP contribution in [0.25, 0.3) is 22.4 Å². The normalized spacial score (nSPS) is 20.3. The van der Waals surface area contributed by atoms with Gasteiger partial charge in [0.25, 0.3) is 0 Å². The molecule has 162 valence electrons. The lowest BCUT2D eigenvalue weighted by molar-refractivity contribution is -0.137. The van der Waals surface area contributed by atoms with E-state index in [9.17, 15) is 13.2 Å². The molecule has 0 saturated carbocycles. The van der Waals surface area contributed by atoms with Crippen LogP contribution in [0.3, 0.4) is 0 Å². The summed E-state index contributed by atoms with van der Waals surface area (Å²) >= 11 is 0. The second-order valence-corrected chi connectivity index (χ2v) is 8.34. The maximum atomic E-state index is 13.8. The summed E-state index contributed by atoms with van der Waals surface area (Å²) in [4.78, 5) is 10.7. The van der Waals surface area contributed by atoms with Crippen LogP contribution in [-0.4, -0.2) is 45.3 Å². The molecule has 0 amide bonds. The van der Waals surface area contributed by atoms with Gasteiger partial charge in [0.05, 0.1) is 11.3 Å². The van der Waals surface area contributed by atoms with Crippen molar-refractivity contribution in [3.8, 4) is 11.4 Å². The predicted octanol–water partition coefficient (Wildman–Crippen LogP) is 4.50. The summed E-state index contributed by atoms with van der Waals surface area (Å²) in [6.07, 6.45) is -1.99. The van der Waals surface area contributed by atoms with Crippen molar-refractivity contribution in [3.05, 3.63) is 36.0 Å². The number of rotatable bonds is 4. The molecule has 3 aromatic heterocycles. The van der Waals surface area contributed by atoms with E-state index >= 15 is 0 Å². The molecular weight excluding hydrogens is 393 g/mol. The molecule has 0 radical (unpaired) electrons. The summed E-state index contributed by atoms with van der Waals surface area (Å²) in [6.45, 7) is 7.79. The third-order valence-electron chi connectivity index (χ3n) is 5.29. The Bertz CT molecular complexity index is 1030. The van der Waals surface area contributed by atoms with E-state index in [0.717, 1.165) is 12.5 Å². The first-order chi connectivity index (χ1) is 14.2. The van der Waals surface area contributed by atoms with E-state index in [1.807, 2.05) is 0 Å². The number of piperazine rings is 1. The zero-order chi connectivity index (χ0) is 21.5. The second kappa shape index (κ2) is 7.86. The third-order valence-corrected chi connectivity index (χ3v) is 5.29. The smallest absolute Gasteiger partial charge is 0.353 e. The van der Waals surface area contributed by atoms with Gasteiger partial charge in [0.15, 0.2) is 5.65 Å². The quantitative estimate of drug-likeness (QED) is 0.651. The van der Waals surface area contributed by atoms with Crippen LogP contribution in [0.1, 0.15) is 34.2 Å². The Morgan fingerprint density at radius 3 is 2.77 bits per heavy atom. The molecule has 6 nitrogen and oxygen atoms in total. The topological polar surface area (TPSA) is 69.7 Å². The minimum Gasteiger partial charge on any atom is -0.353 e. The summed E-state index contributed by atoms with van der Waals surface area (Å²) in [6, 6.07) is 6.43. The number of alkyl halides is 3. The highest BCUT2D eigenvalue weighted by Gasteiger charge is 2.36. The predicted molar refractivity (Wildman–Crippen MR) is 112 cm³/mol. The summed E-state index contributed by atoms with van der Waals surface area (Å²) in [7, 11) is 0. The van der Waals surface area contributed by atoms with Crippen LogP contribution in [0.2, 0.25) is 0 Å². The standard InChI is InChI=1S/C21H25F3N6.H2/c1-12(2)9-14-11-30(10-13(3)26-14)17-7-6-16(21(22,23)24)19(27-17)18-15-5-4-8-25-20(15)29-28-18;/h4-8,12-14,26H,9-11H2,1-3H3,(H,25,28,29);1H/t13-,14+;/m1./s1. The SMILES string of the molecule is CC(C)C[C@H]1CN(c2ccc(C(F)(F)F)c(-c3[nH]nc4ncccc34)n2)C[C@@H](C)N1.[HH]. The minimum atomic E-state index is -4.53. The Morgan fingerprint density at radius 2 is 2.03 bits per heavy atom. The molecule has 2 N–H and O–H groups in total. The van der Waals surface area contributed by atoms with Gasteiger partial charge in [0.2, 0.25) is 0 Å². The first-order valence-electron chi connectivity index (χ1n) is 10.1. The number of anilines is 1. The van der Waals surface area contributed by atoms with Crippen LogP contribution in [0, 0.1) is 5.92 Å². The summed E-state index contributed by atoms with van der Waals surface area (Å²) in [5.74, 6) is 1.06. The fourth-order valence-electron chi connectivity index (χ4n) is 4.15. The average molecular weight is 420 g/mol. The highest BCUT2D eigenvalue weighted by Crippen LogP contribution is 2.38. The summed E-state index contributed by atoms with van der Waals surface area (Å²) in [5, 5.41) is 10.8. The van der Waals surface area contributed by atoms with Gasteiger partial charge in [-0.05, 0) is 43.5 Å². The number of nitrogens with one attached hydrogen (secondary N) is 2. The molecule has 0 aliphatic carbocycles. The van der Waals surface area contributed by atoms with Crippen LogP contribution in [0.4, 0.5) is 19.0 Å². The first-order valence-corrected chi connectivity index (χ1v) is 10.1. The zero-order valence-corrected chi connectivity index (χ0v) is 17.2. The molecule has 1 saturated heterocycles. The number of nitrogens with zero attached hydrogens (tertiary/aromatic N) is 4. The molecule has 9 heteroatoms. The highest BCUT2D eigenvalue weighted by atomic mass is 19.4. The van der Waals surface area contributed by atoms with E-state index in [0.29, 0.717) is 35.9 Å². The van der Waals surface area contributed by atoms with Gasteiger partial charge >= 0.3 is 6.18 Å². The van der Waals surface area contributed by atoms with Crippen LogP contribution < -0.4 is 10.2 Å². The van der Waals surface area contributed by atoms with Gasteiger partial charge in [-0.3, -0.25) is 5.10 Å². The molecule has 0 spiro atoms. The Morgan fingerprint density at radius 1 is 1.23 bits per heavy atom. The van der Waals surface area contributed by atoms with Gasteiger partial charge < -0.3 is 10.2 Å². The van der Waals surface area contributed by atoms with E-state index in [1.54, 1.807) is 18.3 Å². The number of hydrogen-bond donors (Lipinski definition) is 2. The number of pyridine rings is 2. The van der Waals surface area contributed by atoms with E-state index in [1.165, 1.54) is 6.07 Å². The van der Waals surface area contributed by atoms with Crippen molar-refractivity contribution in [2.45, 2.75) is 45.5 Å². The van der Waals surface area contributed by atoms with Crippen molar-refractivity contribution in [1.29, 1.82) is 0 Å². The Kier molecular flexibility index (Phi) is 5.40. The zero-order valence-electron chi connectivity index (χ0n) is 17.2. The van der Waals surface area contributed by atoms with Crippen molar-refractivity contribution >= 4 is 16.9 Å². The molecule has 3 aromatic rings. The second-order valence-electron chi connectivity index (χ2n) is 8.34. The van der Waals surface area contributed by atoms with Gasteiger partial charge in [0, 0.05) is 38.2 Å². The maximum absolute atomic E-state index is 13.8. The molecule has 0 unspecified atom stereocenters. The lowest BCUT2D eigenvalue weighted by Crippen LogP contribution is -2.56. The van der Waals surface area contributed by atoms with Crippen LogP contribution in [-0.2, 0) is 6.18 Å². The maximum Gasteiger partial charge on any atom is 0.418 e. The van der Waals surface area contributed by atoms with Crippen molar-refractivity contribution in [2.24, 2.45) is 5.92 Å². The van der Waals surface area contributed by atoms with Crippen LogP contribution in [0.5, 0.6) is 0 Å². The molecule has 30 heavy (non-hydrogen) atoms. The van der Waals surface area contributed by atoms with Gasteiger partial charge in [-0.1, -0.05) is 13.8 Å². The van der Waals surface area contributed by atoms with Gasteiger partial charge in [-0.15, -0.1) is 0 Å². The Hall–Kier alpha value is -2.68. The molecule has 4 heterocycles. The first kappa shape index (κ1) is 20.6. The summed E-state index contributed by atoms with van der Waals surface area (Å²) in [5.41, 5.74) is -0.348. The molecular formula is C21H27F3N6.